The summed E-state index contributed by atoms with van der Waals surface area (Å²) in [5.41, 5.74) is 2.46. The smallest absolute Gasteiger partial charge is 0.329 e. The van der Waals surface area contributed by atoms with Gasteiger partial charge in [0.05, 0.1) is 6.61 Å². The average Bonchev–Trinajstić information content (AvgIpc) is 2.82. The largest absolute Gasteiger partial charge is 0.465 e. The van der Waals surface area contributed by atoms with Gasteiger partial charge in [-0.15, -0.1) is 0 Å². The second-order valence-corrected chi connectivity index (χ2v) is 8.98. The minimum Gasteiger partial charge on any atom is -0.465 e. The molecule has 0 saturated carbocycles. The maximum Gasteiger partial charge on any atom is 0.329 e. The van der Waals surface area contributed by atoms with Gasteiger partial charge < -0.3 is 15.0 Å². The molecule has 2 aromatic rings. The zero-order chi connectivity index (χ0) is 25.4. The first-order valence-electron chi connectivity index (χ1n) is 12.4. The summed E-state index contributed by atoms with van der Waals surface area (Å²) < 4.78 is 6.23. The van der Waals surface area contributed by atoms with Crippen molar-refractivity contribution in [1.29, 1.82) is 0 Å². The highest BCUT2D eigenvalue weighted by atomic mass is 16.5. The Labute approximate surface area is 205 Å². The van der Waals surface area contributed by atoms with Crippen molar-refractivity contribution in [3.05, 3.63) is 56.2 Å². The number of ketones is 1. The molecular weight excluding hydrogens is 448 g/mol. The predicted octanol–water partition coefficient (Wildman–Crippen LogP) is 2.78. The maximum atomic E-state index is 12.5. The molecule has 190 valence electrons. The van der Waals surface area contributed by atoms with E-state index in [0.29, 0.717) is 38.3 Å². The highest BCUT2D eigenvalue weighted by Gasteiger charge is 2.33. The van der Waals surface area contributed by atoms with Crippen LogP contribution in [-0.4, -0.2) is 52.4 Å². The molecule has 35 heavy (non-hydrogen) atoms. The van der Waals surface area contributed by atoms with E-state index in [1.54, 1.807) is 6.92 Å². The number of likely N-dealkylation sites (tertiary alicyclic amines) is 1. The molecule has 0 bridgehead atoms. The normalized spacial score (nSPS) is 16.3. The Morgan fingerprint density at radius 3 is 2.60 bits per heavy atom. The molecule has 2 N–H and O–H groups in total. The van der Waals surface area contributed by atoms with Gasteiger partial charge in [-0.1, -0.05) is 19.4 Å². The van der Waals surface area contributed by atoms with Gasteiger partial charge in [0.2, 0.25) is 0 Å². The number of carbonyl (C=O) groups excluding carboxylic acids is 2. The highest BCUT2D eigenvalue weighted by molar-refractivity contribution is 5.99. The van der Waals surface area contributed by atoms with E-state index in [1.807, 2.05) is 18.2 Å². The quantitative estimate of drug-likeness (QED) is 0.286. The number of nitrogens with one attached hydrogen (secondary N) is 2. The van der Waals surface area contributed by atoms with Gasteiger partial charge in [-0.2, -0.15) is 0 Å². The zero-order valence-corrected chi connectivity index (χ0v) is 20.9. The SMILES string of the molecule is CCOC(=O)C1CN(CCCCCn2c(=O)cc(Nc3ccc(C)c(CC)c3)[nH]c2=O)CCC1=O. The number of aromatic nitrogens is 2. The first-order chi connectivity index (χ1) is 16.8. The van der Waals surface area contributed by atoms with E-state index < -0.39 is 17.6 Å². The summed E-state index contributed by atoms with van der Waals surface area (Å²) >= 11 is 0. The van der Waals surface area contributed by atoms with Crippen LogP contribution in [0, 0.1) is 12.8 Å². The van der Waals surface area contributed by atoms with E-state index in [4.69, 9.17) is 4.74 Å². The third-order valence-corrected chi connectivity index (χ3v) is 6.46. The lowest BCUT2D eigenvalue weighted by molar-refractivity contribution is -0.153. The van der Waals surface area contributed by atoms with Crippen LogP contribution < -0.4 is 16.6 Å². The minimum absolute atomic E-state index is 0.0515. The monoisotopic (exact) mass is 484 g/mol. The average molecular weight is 485 g/mol. The maximum absolute atomic E-state index is 12.5. The van der Waals surface area contributed by atoms with Crippen LogP contribution in [0.15, 0.2) is 33.9 Å². The Morgan fingerprint density at radius 1 is 1.11 bits per heavy atom. The van der Waals surface area contributed by atoms with Gasteiger partial charge in [0.15, 0.2) is 0 Å². The van der Waals surface area contributed by atoms with Gasteiger partial charge in [-0.25, -0.2) is 4.79 Å². The number of unbranched alkanes of at least 4 members (excludes halogenated alkanes) is 2. The Hall–Kier alpha value is -3.20. The Morgan fingerprint density at radius 2 is 1.89 bits per heavy atom. The summed E-state index contributed by atoms with van der Waals surface area (Å²) in [4.78, 5) is 53.9. The highest BCUT2D eigenvalue weighted by Crippen LogP contribution is 2.19. The molecule has 1 fully saturated rings. The van der Waals surface area contributed by atoms with Crippen molar-refractivity contribution in [2.75, 3.05) is 31.6 Å². The van der Waals surface area contributed by atoms with Crippen molar-refractivity contribution < 1.29 is 14.3 Å². The number of esters is 1. The van der Waals surface area contributed by atoms with Gasteiger partial charge in [-0.05, 0) is 62.9 Å². The summed E-state index contributed by atoms with van der Waals surface area (Å²) in [7, 11) is 0. The Kier molecular flexibility index (Phi) is 9.42. The zero-order valence-electron chi connectivity index (χ0n) is 20.9. The van der Waals surface area contributed by atoms with E-state index in [-0.39, 0.29) is 17.9 Å². The number of ether oxygens (including phenoxy) is 1. The van der Waals surface area contributed by atoms with E-state index in [2.05, 4.69) is 29.0 Å². The third kappa shape index (κ3) is 7.14. The molecule has 9 nitrogen and oxygen atoms in total. The lowest BCUT2D eigenvalue weighted by Gasteiger charge is -2.30. The molecule has 0 aliphatic carbocycles. The van der Waals surface area contributed by atoms with Crippen LogP contribution in [0.25, 0.3) is 0 Å². The number of anilines is 2. The molecule has 1 saturated heterocycles. The summed E-state index contributed by atoms with van der Waals surface area (Å²) in [5, 5.41) is 3.12. The molecule has 0 radical (unpaired) electrons. The number of piperidine rings is 1. The number of carbonyl (C=O) groups is 2. The van der Waals surface area contributed by atoms with Crippen molar-refractivity contribution in [2.45, 2.75) is 59.4 Å². The number of aryl methyl sites for hydroxylation is 2. The third-order valence-electron chi connectivity index (χ3n) is 6.46. The van der Waals surface area contributed by atoms with Gasteiger partial charge >= 0.3 is 11.7 Å². The lowest BCUT2D eigenvalue weighted by Crippen LogP contribution is -2.45. The fourth-order valence-corrected chi connectivity index (χ4v) is 4.41. The van der Waals surface area contributed by atoms with Crippen LogP contribution >= 0.6 is 0 Å². The van der Waals surface area contributed by atoms with Crippen LogP contribution in [0.3, 0.4) is 0 Å². The number of benzene rings is 1. The lowest BCUT2D eigenvalue weighted by atomic mass is 9.96. The molecule has 1 aliphatic rings. The van der Waals surface area contributed by atoms with Crippen LogP contribution in [0.1, 0.15) is 50.7 Å². The molecule has 1 aromatic heterocycles. The van der Waals surface area contributed by atoms with Gasteiger partial charge in [0, 0.05) is 37.8 Å². The first kappa shape index (κ1) is 26.4. The van der Waals surface area contributed by atoms with Crippen molar-refractivity contribution in [2.24, 2.45) is 5.92 Å². The number of Topliss-reactive ketones (excluding diaryl/α,β-unsaturated/α-hetero) is 1. The van der Waals surface area contributed by atoms with Crippen LogP contribution in [0.5, 0.6) is 0 Å². The molecule has 1 aromatic carbocycles. The van der Waals surface area contributed by atoms with Crippen LogP contribution in [0.4, 0.5) is 11.5 Å². The van der Waals surface area contributed by atoms with Crippen molar-refractivity contribution in [1.82, 2.24) is 14.5 Å². The molecular formula is C26H36N4O5. The summed E-state index contributed by atoms with van der Waals surface area (Å²) in [5.74, 6) is -0.810. The number of hydrogen-bond acceptors (Lipinski definition) is 7. The van der Waals surface area contributed by atoms with Crippen LogP contribution in [-0.2, 0) is 27.3 Å². The fraction of sp³-hybridized carbons (Fsp3) is 0.538. The molecule has 1 unspecified atom stereocenters. The number of aromatic amines is 1. The molecule has 0 spiro atoms. The van der Waals surface area contributed by atoms with Gasteiger partial charge in [-0.3, -0.25) is 23.9 Å². The van der Waals surface area contributed by atoms with Crippen molar-refractivity contribution >= 4 is 23.3 Å². The van der Waals surface area contributed by atoms with Crippen LogP contribution in [0.2, 0.25) is 0 Å². The van der Waals surface area contributed by atoms with E-state index in [9.17, 15) is 19.2 Å². The summed E-state index contributed by atoms with van der Waals surface area (Å²) in [6, 6.07) is 7.37. The van der Waals surface area contributed by atoms with Gasteiger partial charge in [0.25, 0.3) is 5.56 Å². The standard InChI is InChI=1S/C26H36N4O5/c1-4-19-15-20(10-9-18(19)3)27-23-16-24(32)30(26(34)28-23)13-8-6-7-12-29-14-11-22(31)21(17-29)25(33)35-5-2/h9-10,15-16,21,27H,4-8,11-14,17H2,1-3H3,(H,28,34). The summed E-state index contributed by atoms with van der Waals surface area (Å²) in [6.45, 7) is 8.27. The van der Waals surface area contributed by atoms with Crippen molar-refractivity contribution in [3.8, 4) is 0 Å². The Bertz CT molecular complexity index is 1120. The van der Waals surface area contributed by atoms with E-state index in [1.165, 1.54) is 21.8 Å². The molecule has 0 amide bonds. The van der Waals surface area contributed by atoms with E-state index in [0.717, 1.165) is 31.5 Å². The number of hydrogen-bond donors (Lipinski definition) is 2. The predicted molar refractivity (Wildman–Crippen MR) is 135 cm³/mol. The first-order valence-corrected chi connectivity index (χ1v) is 12.4. The molecule has 1 aliphatic heterocycles. The fourth-order valence-electron chi connectivity index (χ4n) is 4.41. The minimum atomic E-state index is -0.693. The summed E-state index contributed by atoms with van der Waals surface area (Å²) in [6.07, 6.45) is 3.62. The molecule has 9 heteroatoms. The van der Waals surface area contributed by atoms with E-state index >= 15 is 0 Å². The van der Waals surface area contributed by atoms with Crippen molar-refractivity contribution in [3.63, 3.8) is 0 Å². The molecule has 3 rings (SSSR count). The number of H-pyrrole nitrogens is 1. The van der Waals surface area contributed by atoms with Gasteiger partial charge in [0.1, 0.15) is 17.5 Å². The topological polar surface area (TPSA) is 114 Å². The number of rotatable bonds is 11. The number of nitrogens with zero attached hydrogens (tertiary/aromatic N) is 2. The molecule has 2 heterocycles. The second-order valence-electron chi connectivity index (χ2n) is 8.98. The molecule has 1 atom stereocenters. The Balaban J connectivity index is 1.48. The second kappa shape index (κ2) is 12.5.